The molecular weight excluding hydrogens is 574 g/mol. The van der Waals surface area contributed by atoms with Crippen LogP contribution in [-0.2, 0) is 32.6 Å². The first kappa shape index (κ1) is 32.3. The molecule has 0 aliphatic heterocycles. The lowest BCUT2D eigenvalue weighted by Crippen LogP contribution is -2.53. The molecule has 0 aliphatic rings. The molecule has 9 heteroatoms. The van der Waals surface area contributed by atoms with E-state index in [1.807, 2.05) is 75.4 Å². The van der Waals surface area contributed by atoms with Crippen LogP contribution in [0.15, 0.2) is 108 Å². The van der Waals surface area contributed by atoms with Crippen LogP contribution in [0.1, 0.15) is 29.2 Å². The summed E-state index contributed by atoms with van der Waals surface area (Å²) in [6.45, 7) is 5.64. The van der Waals surface area contributed by atoms with Crippen molar-refractivity contribution in [2.45, 2.75) is 44.7 Å². The monoisotopic (exact) mass is 613 g/mol. The number of carbonyl (C=O) groups is 2. The predicted molar refractivity (Wildman–Crippen MR) is 173 cm³/mol. The van der Waals surface area contributed by atoms with E-state index in [1.165, 1.54) is 24.1 Å². The topological polar surface area (TPSA) is 96.0 Å². The van der Waals surface area contributed by atoms with Gasteiger partial charge in [0.1, 0.15) is 18.3 Å². The van der Waals surface area contributed by atoms with Gasteiger partial charge in [-0.3, -0.25) is 13.9 Å². The molecule has 4 aromatic rings. The van der Waals surface area contributed by atoms with Crippen molar-refractivity contribution in [3.05, 3.63) is 125 Å². The first-order chi connectivity index (χ1) is 21.1. The Bertz CT molecular complexity index is 1660. The van der Waals surface area contributed by atoms with Crippen molar-refractivity contribution in [3.63, 3.8) is 0 Å². The molecular formula is C35H39N3O5S. The molecule has 230 valence electrons. The van der Waals surface area contributed by atoms with Gasteiger partial charge in [-0.2, -0.15) is 0 Å². The highest BCUT2D eigenvalue weighted by atomic mass is 32.2. The van der Waals surface area contributed by atoms with Gasteiger partial charge in [0.15, 0.2) is 0 Å². The van der Waals surface area contributed by atoms with Crippen LogP contribution in [0.25, 0.3) is 0 Å². The zero-order valence-corrected chi connectivity index (χ0v) is 26.4. The smallest absolute Gasteiger partial charge is 0.264 e. The third-order valence-electron chi connectivity index (χ3n) is 7.47. The summed E-state index contributed by atoms with van der Waals surface area (Å²) in [4.78, 5) is 29.6. The van der Waals surface area contributed by atoms with Gasteiger partial charge >= 0.3 is 0 Å². The number of hydrogen-bond acceptors (Lipinski definition) is 5. The maximum Gasteiger partial charge on any atom is 0.264 e. The quantitative estimate of drug-likeness (QED) is 0.221. The summed E-state index contributed by atoms with van der Waals surface area (Å²) >= 11 is 0. The van der Waals surface area contributed by atoms with Gasteiger partial charge in [0.2, 0.25) is 11.8 Å². The van der Waals surface area contributed by atoms with E-state index in [9.17, 15) is 18.0 Å². The van der Waals surface area contributed by atoms with E-state index in [1.54, 1.807) is 36.4 Å². The number of benzene rings is 4. The molecule has 0 fully saturated rings. The zero-order valence-electron chi connectivity index (χ0n) is 25.6. The number of anilines is 1. The lowest BCUT2D eigenvalue weighted by molar-refractivity contribution is -0.140. The highest BCUT2D eigenvalue weighted by Crippen LogP contribution is 2.27. The van der Waals surface area contributed by atoms with E-state index in [2.05, 4.69) is 5.32 Å². The number of rotatable bonds is 13. The fraction of sp³-hybridized carbons (Fsp3) is 0.257. The molecule has 1 atom stereocenters. The Balaban J connectivity index is 1.80. The van der Waals surface area contributed by atoms with Gasteiger partial charge in [0.05, 0.1) is 17.7 Å². The Kier molecular flexibility index (Phi) is 10.8. The predicted octanol–water partition coefficient (Wildman–Crippen LogP) is 5.28. The minimum atomic E-state index is -4.17. The van der Waals surface area contributed by atoms with Crippen molar-refractivity contribution < 1.29 is 22.7 Å². The Morgan fingerprint density at radius 1 is 0.841 bits per heavy atom. The fourth-order valence-electron chi connectivity index (χ4n) is 4.93. The van der Waals surface area contributed by atoms with Gasteiger partial charge in [-0.15, -0.1) is 0 Å². The first-order valence-electron chi connectivity index (χ1n) is 14.5. The van der Waals surface area contributed by atoms with Crippen LogP contribution in [0.5, 0.6) is 5.75 Å². The van der Waals surface area contributed by atoms with E-state index >= 15 is 0 Å². The van der Waals surface area contributed by atoms with Gasteiger partial charge in [-0.05, 0) is 73.9 Å². The summed E-state index contributed by atoms with van der Waals surface area (Å²) in [6, 6.07) is 29.3. The third-order valence-corrected chi connectivity index (χ3v) is 9.26. The molecule has 0 saturated heterocycles. The molecule has 4 rings (SSSR count). The number of likely N-dealkylation sites (N-methyl/N-ethyl adjacent to an activating group) is 1. The molecule has 0 saturated carbocycles. The van der Waals surface area contributed by atoms with Crippen LogP contribution in [0.3, 0.4) is 0 Å². The molecule has 1 N–H and O–H groups in total. The minimum absolute atomic E-state index is 0.0572. The van der Waals surface area contributed by atoms with Crippen molar-refractivity contribution in [2.75, 3.05) is 24.5 Å². The third kappa shape index (κ3) is 7.85. The molecule has 0 radical (unpaired) electrons. The van der Waals surface area contributed by atoms with E-state index in [-0.39, 0.29) is 23.8 Å². The Labute approximate surface area is 260 Å². The molecule has 1 unspecified atom stereocenters. The normalized spacial score (nSPS) is 11.8. The van der Waals surface area contributed by atoms with E-state index in [4.69, 9.17) is 4.74 Å². The average Bonchev–Trinajstić information content (AvgIpc) is 3.03. The highest BCUT2D eigenvalue weighted by Gasteiger charge is 2.34. The van der Waals surface area contributed by atoms with Gasteiger partial charge < -0.3 is 15.0 Å². The molecule has 0 aliphatic carbocycles. The second-order valence-corrected chi connectivity index (χ2v) is 12.4. The molecule has 0 spiro atoms. The van der Waals surface area contributed by atoms with Gasteiger partial charge in [-0.25, -0.2) is 8.42 Å². The zero-order chi connectivity index (χ0) is 31.7. The van der Waals surface area contributed by atoms with Crippen molar-refractivity contribution in [2.24, 2.45) is 0 Å². The number of amides is 2. The summed E-state index contributed by atoms with van der Waals surface area (Å²) in [5.74, 6) is -0.268. The SMILES string of the molecule is CCNC(=O)C(Cc1ccccc1)N(Cc1ccccc1C)C(=O)CN(c1ccc(OC)cc1)S(=O)(=O)c1ccc(C)cc1. The maximum atomic E-state index is 14.5. The van der Waals surface area contributed by atoms with Crippen LogP contribution in [0.4, 0.5) is 5.69 Å². The molecule has 8 nitrogen and oxygen atoms in total. The number of carbonyl (C=O) groups excluding carboxylic acids is 2. The Morgan fingerprint density at radius 2 is 1.48 bits per heavy atom. The summed E-state index contributed by atoms with van der Waals surface area (Å²) in [5.41, 5.74) is 3.91. The van der Waals surface area contributed by atoms with Crippen LogP contribution in [0.2, 0.25) is 0 Å². The summed E-state index contributed by atoms with van der Waals surface area (Å²) < 4.78 is 34.6. The van der Waals surface area contributed by atoms with Crippen LogP contribution >= 0.6 is 0 Å². The largest absolute Gasteiger partial charge is 0.497 e. The average molecular weight is 614 g/mol. The van der Waals surface area contributed by atoms with Crippen molar-refractivity contribution in [1.82, 2.24) is 10.2 Å². The van der Waals surface area contributed by atoms with E-state index in [0.717, 1.165) is 26.6 Å². The van der Waals surface area contributed by atoms with Gasteiger partial charge in [-0.1, -0.05) is 72.3 Å². The molecule has 44 heavy (non-hydrogen) atoms. The summed E-state index contributed by atoms with van der Waals surface area (Å²) in [7, 11) is -2.65. The minimum Gasteiger partial charge on any atom is -0.497 e. The second-order valence-electron chi connectivity index (χ2n) is 10.6. The van der Waals surface area contributed by atoms with Crippen LogP contribution in [-0.4, -0.2) is 51.4 Å². The fourth-order valence-corrected chi connectivity index (χ4v) is 6.35. The number of ether oxygens (including phenoxy) is 1. The number of sulfonamides is 1. The summed E-state index contributed by atoms with van der Waals surface area (Å²) in [6.07, 6.45) is 0.261. The molecule has 0 aromatic heterocycles. The Hall–Kier alpha value is -4.63. The van der Waals surface area contributed by atoms with E-state index < -0.39 is 28.5 Å². The van der Waals surface area contributed by atoms with Crippen molar-refractivity contribution in [3.8, 4) is 5.75 Å². The van der Waals surface area contributed by atoms with Gasteiger partial charge in [0, 0.05) is 19.5 Å². The molecule has 4 aromatic carbocycles. The number of nitrogens with zero attached hydrogens (tertiary/aromatic N) is 2. The lowest BCUT2D eigenvalue weighted by Gasteiger charge is -2.34. The molecule has 0 bridgehead atoms. The van der Waals surface area contributed by atoms with Crippen molar-refractivity contribution >= 4 is 27.5 Å². The first-order valence-corrected chi connectivity index (χ1v) is 16.0. The standard InChI is InChI=1S/C35H39N3O5S/c1-5-36-35(40)33(23-28-12-7-6-8-13-28)37(24-29-14-10-9-11-27(29)3)34(39)25-38(30-17-19-31(43-4)20-18-30)44(41,42)32-21-15-26(2)16-22-32/h6-22,33H,5,23-25H2,1-4H3,(H,36,40). The lowest BCUT2D eigenvalue weighted by atomic mass is 10.0. The molecule has 2 amide bonds. The van der Waals surface area contributed by atoms with E-state index in [0.29, 0.717) is 18.0 Å². The van der Waals surface area contributed by atoms with Crippen molar-refractivity contribution in [1.29, 1.82) is 0 Å². The second kappa shape index (κ2) is 14.7. The van der Waals surface area contributed by atoms with Gasteiger partial charge in [0.25, 0.3) is 10.0 Å². The maximum absolute atomic E-state index is 14.5. The number of aryl methyl sites for hydroxylation is 2. The Morgan fingerprint density at radius 3 is 2.09 bits per heavy atom. The number of hydrogen-bond donors (Lipinski definition) is 1. The van der Waals surface area contributed by atoms with Crippen LogP contribution < -0.4 is 14.4 Å². The molecule has 0 heterocycles. The van der Waals surface area contributed by atoms with Crippen LogP contribution in [0, 0.1) is 13.8 Å². The number of methoxy groups -OCH3 is 1. The summed E-state index contributed by atoms with van der Waals surface area (Å²) in [5, 5.41) is 2.88. The number of nitrogens with one attached hydrogen (secondary N) is 1. The highest BCUT2D eigenvalue weighted by molar-refractivity contribution is 7.92.